The van der Waals surface area contributed by atoms with Crippen molar-refractivity contribution in [1.29, 1.82) is 0 Å². The number of methoxy groups -OCH3 is 1. The number of thiocarbonyl (C=S) groups is 1. The first-order chi connectivity index (χ1) is 6.79. The fourth-order valence-corrected chi connectivity index (χ4v) is 1.59. The second-order valence-corrected chi connectivity index (χ2v) is 3.41. The quantitative estimate of drug-likeness (QED) is 0.552. The lowest BCUT2D eigenvalue weighted by atomic mass is 9.97. The van der Waals surface area contributed by atoms with Crippen LogP contribution in [-0.4, -0.2) is 12.2 Å². The minimum absolute atomic E-state index is 0.147. The van der Waals surface area contributed by atoms with E-state index >= 15 is 0 Å². The highest BCUT2D eigenvalue weighted by Crippen LogP contribution is 2.22. The van der Waals surface area contributed by atoms with Gasteiger partial charge in [0.25, 0.3) is 0 Å². The van der Waals surface area contributed by atoms with Crippen molar-refractivity contribution in [3.05, 3.63) is 48.6 Å². The van der Waals surface area contributed by atoms with Crippen molar-refractivity contribution in [3.8, 4) is 0 Å². The van der Waals surface area contributed by atoms with Gasteiger partial charge in [-0.3, -0.25) is 0 Å². The predicted molar refractivity (Wildman–Crippen MR) is 63.6 cm³/mol. The summed E-state index contributed by atoms with van der Waals surface area (Å²) in [7, 11) is 1.61. The van der Waals surface area contributed by atoms with Gasteiger partial charge in [-0.15, -0.1) is 6.58 Å². The molecule has 1 aromatic rings. The molecular weight excluding hydrogens is 192 g/mol. The Hall–Kier alpha value is -1.15. The summed E-state index contributed by atoms with van der Waals surface area (Å²) in [6.07, 6.45) is 2.68. The Labute approximate surface area is 90.4 Å². The molecule has 14 heavy (non-hydrogen) atoms. The lowest BCUT2D eigenvalue weighted by Crippen LogP contribution is -2.11. The zero-order chi connectivity index (χ0) is 10.4. The van der Waals surface area contributed by atoms with Gasteiger partial charge in [-0.05, 0) is 24.2 Å². The van der Waals surface area contributed by atoms with E-state index in [0.29, 0.717) is 5.05 Å². The molecule has 1 aromatic carbocycles. The Morgan fingerprint density at radius 3 is 2.64 bits per heavy atom. The second-order valence-electron chi connectivity index (χ2n) is 3.01. The molecule has 1 unspecified atom stereocenters. The first-order valence-electron chi connectivity index (χ1n) is 4.53. The fraction of sp³-hybridized carbons (Fsp3) is 0.250. The lowest BCUT2D eigenvalue weighted by Gasteiger charge is -2.15. The molecule has 0 aliphatic rings. The smallest absolute Gasteiger partial charge is 0.167 e. The van der Waals surface area contributed by atoms with Crippen LogP contribution in [0.1, 0.15) is 17.9 Å². The van der Waals surface area contributed by atoms with Crippen LogP contribution in [0.5, 0.6) is 0 Å². The van der Waals surface area contributed by atoms with Crippen LogP contribution in [0.4, 0.5) is 0 Å². The van der Waals surface area contributed by atoms with Crippen molar-refractivity contribution in [1.82, 2.24) is 0 Å². The average molecular weight is 206 g/mol. The molecule has 0 spiro atoms. The largest absolute Gasteiger partial charge is 0.490 e. The summed E-state index contributed by atoms with van der Waals surface area (Å²) in [6.45, 7) is 3.73. The van der Waals surface area contributed by atoms with Crippen LogP contribution in [0.3, 0.4) is 0 Å². The number of benzene rings is 1. The van der Waals surface area contributed by atoms with E-state index in [2.05, 4.69) is 18.7 Å². The predicted octanol–water partition coefficient (Wildman–Crippen LogP) is 3.32. The highest BCUT2D eigenvalue weighted by molar-refractivity contribution is 7.80. The van der Waals surface area contributed by atoms with E-state index in [1.54, 1.807) is 7.11 Å². The van der Waals surface area contributed by atoms with Crippen molar-refractivity contribution >= 4 is 17.3 Å². The number of rotatable bonds is 4. The molecule has 0 aliphatic carbocycles. The topological polar surface area (TPSA) is 9.23 Å². The van der Waals surface area contributed by atoms with E-state index in [0.717, 1.165) is 6.42 Å². The minimum Gasteiger partial charge on any atom is -0.490 e. The molecule has 0 aromatic heterocycles. The maximum absolute atomic E-state index is 5.15. The summed E-state index contributed by atoms with van der Waals surface area (Å²) < 4.78 is 5.10. The van der Waals surface area contributed by atoms with E-state index in [9.17, 15) is 0 Å². The summed E-state index contributed by atoms with van der Waals surface area (Å²) in [5, 5.41) is 0.621. The highest BCUT2D eigenvalue weighted by Gasteiger charge is 2.15. The average Bonchev–Trinajstić information content (AvgIpc) is 2.26. The van der Waals surface area contributed by atoms with E-state index in [4.69, 9.17) is 17.0 Å². The SMILES string of the molecule is C=CCC(C(=S)OC)c1ccccc1. The van der Waals surface area contributed by atoms with Gasteiger partial charge in [0.15, 0.2) is 5.05 Å². The summed E-state index contributed by atoms with van der Waals surface area (Å²) in [6, 6.07) is 10.1. The summed E-state index contributed by atoms with van der Waals surface area (Å²) >= 11 is 5.15. The summed E-state index contributed by atoms with van der Waals surface area (Å²) in [4.78, 5) is 0. The van der Waals surface area contributed by atoms with Crippen molar-refractivity contribution in [2.45, 2.75) is 12.3 Å². The number of hydrogen-bond donors (Lipinski definition) is 0. The van der Waals surface area contributed by atoms with Gasteiger partial charge in [-0.25, -0.2) is 0 Å². The number of ether oxygens (including phenoxy) is 1. The first kappa shape index (κ1) is 10.9. The Bertz CT molecular complexity index is 305. The van der Waals surface area contributed by atoms with Gasteiger partial charge in [0.2, 0.25) is 0 Å². The van der Waals surface area contributed by atoms with E-state index in [-0.39, 0.29) is 5.92 Å². The molecule has 0 N–H and O–H groups in total. The summed E-state index contributed by atoms with van der Waals surface area (Å²) in [5.41, 5.74) is 1.18. The Balaban J connectivity index is 2.88. The highest BCUT2D eigenvalue weighted by atomic mass is 32.1. The van der Waals surface area contributed by atoms with Gasteiger partial charge in [-0.2, -0.15) is 0 Å². The van der Waals surface area contributed by atoms with Gasteiger partial charge in [0.05, 0.1) is 13.0 Å². The molecule has 0 radical (unpaired) electrons. The van der Waals surface area contributed by atoms with Gasteiger partial charge in [0, 0.05) is 0 Å². The van der Waals surface area contributed by atoms with Gasteiger partial charge in [0.1, 0.15) is 0 Å². The molecule has 1 rings (SSSR count). The van der Waals surface area contributed by atoms with Gasteiger partial charge < -0.3 is 4.74 Å². The molecule has 0 saturated heterocycles. The molecular formula is C12H14OS. The van der Waals surface area contributed by atoms with Gasteiger partial charge in [-0.1, -0.05) is 36.4 Å². The van der Waals surface area contributed by atoms with Crippen LogP contribution in [0.15, 0.2) is 43.0 Å². The lowest BCUT2D eigenvalue weighted by molar-refractivity contribution is 0.394. The number of allylic oxidation sites excluding steroid dienone is 1. The standard InChI is InChI=1S/C12H14OS/c1-3-7-11(12(14)13-2)10-8-5-4-6-9-10/h3-6,8-9,11H,1,7H2,2H3. The van der Waals surface area contributed by atoms with Gasteiger partial charge >= 0.3 is 0 Å². The molecule has 1 atom stereocenters. The van der Waals surface area contributed by atoms with Crippen LogP contribution in [0.2, 0.25) is 0 Å². The normalized spacial score (nSPS) is 11.8. The third kappa shape index (κ3) is 2.67. The van der Waals surface area contributed by atoms with Crippen molar-refractivity contribution in [3.63, 3.8) is 0 Å². The molecule has 1 nitrogen and oxygen atoms in total. The maximum Gasteiger partial charge on any atom is 0.167 e. The van der Waals surface area contributed by atoms with E-state index < -0.39 is 0 Å². The van der Waals surface area contributed by atoms with Crippen LogP contribution >= 0.6 is 12.2 Å². The monoisotopic (exact) mass is 206 g/mol. The molecule has 0 heterocycles. The molecule has 74 valence electrons. The van der Waals surface area contributed by atoms with Crippen LogP contribution < -0.4 is 0 Å². The minimum atomic E-state index is 0.147. The van der Waals surface area contributed by atoms with E-state index in [1.165, 1.54) is 5.56 Å². The van der Waals surface area contributed by atoms with Crippen LogP contribution in [0.25, 0.3) is 0 Å². The molecule has 0 bridgehead atoms. The zero-order valence-corrected chi connectivity index (χ0v) is 9.09. The van der Waals surface area contributed by atoms with Crippen LogP contribution in [0, 0.1) is 0 Å². The van der Waals surface area contributed by atoms with Crippen molar-refractivity contribution in [2.75, 3.05) is 7.11 Å². The summed E-state index contributed by atoms with van der Waals surface area (Å²) in [5.74, 6) is 0.147. The molecule has 0 amide bonds. The van der Waals surface area contributed by atoms with E-state index in [1.807, 2.05) is 24.3 Å². The Morgan fingerprint density at radius 2 is 2.14 bits per heavy atom. The maximum atomic E-state index is 5.15. The second kappa shape index (κ2) is 5.55. The Kier molecular flexibility index (Phi) is 4.33. The number of hydrogen-bond acceptors (Lipinski definition) is 2. The van der Waals surface area contributed by atoms with Crippen molar-refractivity contribution in [2.24, 2.45) is 0 Å². The Morgan fingerprint density at radius 1 is 1.50 bits per heavy atom. The molecule has 0 aliphatic heterocycles. The molecule has 0 saturated carbocycles. The first-order valence-corrected chi connectivity index (χ1v) is 4.94. The zero-order valence-electron chi connectivity index (χ0n) is 8.27. The fourth-order valence-electron chi connectivity index (χ4n) is 1.36. The van der Waals surface area contributed by atoms with Crippen LogP contribution in [-0.2, 0) is 4.74 Å². The third-order valence-corrected chi connectivity index (χ3v) is 2.54. The third-order valence-electron chi connectivity index (χ3n) is 2.09. The van der Waals surface area contributed by atoms with Crippen molar-refractivity contribution < 1.29 is 4.74 Å². The molecule has 0 fully saturated rings. The molecule has 2 heteroatoms.